The fourth-order valence-corrected chi connectivity index (χ4v) is 5.47. The highest BCUT2D eigenvalue weighted by Gasteiger charge is 2.31. The first-order valence-electron chi connectivity index (χ1n) is 13.5. The van der Waals surface area contributed by atoms with Crippen molar-refractivity contribution in [3.05, 3.63) is 90.3 Å². The first-order chi connectivity index (χ1) is 20.6. The third-order valence-electron chi connectivity index (χ3n) is 6.61. The average molecular weight is 613 g/mol. The number of carbonyl (C=O) groups is 1. The number of aromatic nitrogens is 3. The van der Waals surface area contributed by atoms with Gasteiger partial charge in [-0.15, -0.1) is 18.3 Å². The van der Waals surface area contributed by atoms with E-state index in [4.69, 9.17) is 0 Å². The summed E-state index contributed by atoms with van der Waals surface area (Å²) in [4.78, 5) is 23.1. The smallest absolute Gasteiger partial charge is 0.406 e. The van der Waals surface area contributed by atoms with Crippen LogP contribution in [0.4, 0.5) is 28.0 Å². The SMILES string of the molecule is CC(C)c1ccccc1N1CCS/C1=N\C(=O)NCC(F)c1ccc(-c2ncn(-c3ccc(OC(F)(F)F)cc3)n2)cc1. The summed E-state index contributed by atoms with van der Waals surface area (Å²) >= 11 is 1.49. The molecule has 0 aliphatic carbocycles. The minimum Gasteiger partial charge on any atom is -0.406 e. The number of para-hydroxylation sites is 1. The van der Waals surface area contributed by atoms with Gasteiger partial charge in [0.25, 0.3) is 0 Å². The molecule has 1 aliphatic heterocycles. The van der Waals surface area contributed by atoms with Crippen LogP contribution in [0, 0.1) is 0 Å². The Hall–Kier alpha value is -4.39. The molecule has 0 saturated carbocycles. The van der Waals surface area contributed by atoms with Crippen LogP contribution in [-0.4, -0.2) is 51.2 Å². The Morgan fingerprint density at radius 1 is 1.07 bits per heavy atom. The summed E-state index contributed by atoms with van der Waals surface area (Å²) in [5.41, 5.74) is 3.64. The normalized spacial score (nSPS) is 15.2. The lowest BCUT2D eigenvalue weighted by atomic mass is 10.0. The average Bonchev–Trinajstić information content (AvgIpc) is 3.66. The van der Waals surface area contributed by atoms with E-state index in [1.54, 1.807) is 24.3 Å². The molecule has 1 fully saturated rings. The van der Waals surface area contributed by atoms with Gasteiger partial charge in [0, 0.05) is 23.5 Å². The van der Waals surface area contributed by atoms with E-state index in [1.807, 2.05) is 23.1 Å². The van der Waals surface area contributed by atoms with Crippen molar-refractivity contribution in [1.29, 1.82) is 0 Å². The van der Waals surface area contributed by atoms with E-state index in [1.165, 1.54) is 52.6 Å². The number of aliphatic imine (C=N–C) groups is 1. The lowest BCUT2D eigenvalue weighted by Gasteiger charge is -2.23. The predicted octanol–water partition coefficient (Wildman–Crippen LogP) is 7.29. The van der Waals surface area contributed by atoms with Gasteiger partial charge in [0.2, 0.25) is 0 Å². The predicted molar refractivity (Wildman–Crippen MR) is 158 cm³/mol. The van der Waals surface area contributed by atoms with Gasteiger partial charge in [0.1, 0.15) is 18.2 Å². The molecule has 1 aromatic heterocycles. The highest BCUT2D eigenvalue weighted by molar-refractivity contribution is 8.14. The van der Waals surface area contributed by atoms with Gasteiger partial charge in [0.05, 0.1) is 12.2 Å². The zero-order valence-corrected chi connectivity index (χ0v) is 24.1. The molecule has 0 radical (unpaired) electrons. The number of carbonyl (C=O) groups excluding carboxylic acids is 1. The van der Waals surface area contributed by atoms with Gasteiger partial charge >= 0.3 is 12.4 Å². The lowest BCUT2D eigenvalue weighted by molar-refractivity contribution is -0.274. The molecular weight excluding hydrogens is 584 g/mol. The zero-order chi connectivity index (χ0) is 30.6. The molecule has 224 valence electrons. The first-order valence-corrected chi connectivity index (χ1v) is 14.4. The second-order valence-corrected chi connectivity index (χ2v) is 11.0. The summed E-state index contributed by atoms with van der Waals surface area (Å²) < 4.78 is 57.4. The number of thioether (sulfide) groups is 1. The molecule has 0 spiro atoms. The van der Waals surface area contributed by atoms with E-state index in [2.05, 4.69) is 45.0 Å². The summed E-state index contributed by atoms with van der Waals surface area (Å²) in [7, 11) is 0. The van der Waals surface area contributed by atoms with E-state index < -0.39 is 18.6 Å². The Morgan fingerprint density at radius 3 is 2.49 bits per heavy atom. The minimum absolute atomic E-state index is 0.247. The second kappa shape index (κ2) is 12.9. The Bertz CT molecular complexity index is 1590. The fraction of sp³-hybridized carbons (Fsp3) is 0.267. The molecule has 1 saturated heterocycles. The number of nitrogens with one attached hydrogen (secondary N) is 1. The van der Waals surface area contributed by atoms with Gasteiger partial charge in [-0.05, 0) is 47.4 Å². The van der Waals surface area contributed by atoms with Gasteiger partial charge in [0.15, 0.2) is 11.0 Å². The number of anilines is 1. The summed E-state index contributed by atoms with van der Waals surface area (Å²) in [6.45, 7) is 4.72. The molecule has 5 rings (SSSR count). The highest BCUT2D eigenvalue weighted by atomic mass is 32.2. The third kappa shape index (κ3) is 7.53. The van der Waals surface area contributed by atoms with Crippen molar-refractivity contribution >= 4 is 28.6 Å². The number of benzene rings is 3. The van der Waals surface area contributed by atoms with Gasteiger partial charge in [-0.2, -0.15) is 4.99 Å². The van der Waals surface area contributed by atoms with Crippen LogP contribution >= 0.6 is 11.8 Å². The molecule has 1 N–H and O–H groups in total. The quantitative estimate of drug-likeness (QED) is 0.211. The maximum absolute atomic E-state index is 15.0. The van der Waals surface area contributed by atoms with Crippen molar-refractivity contribution in [2.75, 3.05) is 23.7 Å². The molecular formula is C30H28F4N6O2S. The Kier molecular flexibility index (Phi) is 9.00. The van der Waals surface area contributed by atoms with Crippen LogP contribution in [0.2, 0.25) is 0 Å². The standard InChI is InChI=1S/C30H28F4N6O2S/c1-19(2)24-5-3-4-6-26(24)39-15-16-43-29(39)37-28(41)35-17-25(31)20-7-9-21(10-8-20)27-36-18-40(38-27)22-11-13-23(14-12-22)42-30(32,33)34/h3-14,18-19,25H,15-17H2,1-2H3,(H,35,41)/b37-29-. The lowest BCUT2D eigenvalue weighted by Crippen LogP contribution is -2.29. The third-order valence-corrected chi connectivity index (χ3v) is 7.57. The monoisotopic (exact) mass is 612 g/mol. The molecule has 8 nitrogen and oxygen atoms in total. The van der Waals surface area contributed by atoms with Crippen molar-refractivity contribution in [2.24, 2.45) is 4.99 Å². The Balaban J connectivity index is 1.18. The maximum Gasteiger partial charge on any atom is 0.573 e. The largest absolute Gasteiger partial charge is 0.573 e. The molecule has 4 aromatic rings. The van der Waals surface area contributed by atoms with Crippen LogP contribution in [0.5, 0.6) is 5.75 Å². The molecule has 0 bridgehead atoms. The number of nitrogens with zero attached hydrogens (tertiary/aromatic N) is 5. The molecule has 3 aromatic carbocycles. The summed E-state index contributed by atoms with van der Waals surface area (Å²) in [5, 5.41) is 7.50. The van der Waals surface area contributed by atoms with Crippen molar-refractivity contribution < 1.29 is 27.1 Å². The van der Waals surface area contributed by atoms with Crippen LogP contribution in [0.25, 0.3) is 17.1 Å². The number of urea groups is 1. The van der Waals surface area contributed by atoms with Crippen molar-refractivity contribution in [3.8, 4) is 22.8 Å². The number of hydrogen-bond donors (Lipinski definition) is 1. The molecule has 2 heterocycles. The van der Waals surface area contributed by atoms with E-state index in [9.17, 15) is 22.4 Å². The number of rotatable bonds is 8. The number of amidine groups is 1. The summed E-state index contributed by atoms with van der Waals surface area (Å²) in [5.74, 6) is 1.11. The topological polar surface area (TPSA) is 84.6 Å². The minimum atomic E-state index is -4.77. The van der Waals surface area contributed by atoms with Gasteiger partial charge in [-0.3, -0.25) is 0 Å². The number of amides is 2. The van der Waals surface area contributed by atoms with Gasteiger partial charge in [-0.25, -0.2) is 18.9 Å². The van der Waals surface area contributed by atoms with Crippen molar-refractivity contribution in [1.82, 2.24) is 20.1 Å². The van der Waals surface area contributed by atoms with Crippen LogP contribution < -0.4 is 15.0 Å². The summed E-state index contributed by atoms with van der Waals surface area (Å²) in [6, 6.07) is 19.1. The molecule has 43 heavy (non-hydrogen) atoms. The number of hydrogen-bond acceptors (Lipinski definition) is 5. The maximum atomic E-state index is 15.0. The zero-order valence-electron chi connectivity index (χ0n) is 23.3. The van der Waals surface area contributed by atoms with E-state index in [-0.39, 0.29) is 12.3 Å². The fourth-order valence-electron chi connectivity index (χ4n) is 4.52. The van der Waals surface area contributed by atoms with Crippen LogP contribution in [0.1, 0.15) is 37.1 Å². The van der Waals surface area contributed by atoms with E-state index in [0.717, 1.165) is 18.0 Å². The van der Waals surface area contributed by atoms with Crippen LogP contribution in [-0.2, 0) is 0 Å². The van der Waals surface area contributed by atoms with Crippen molar-refractivity contribution in [3.63, 3.8) is 0 Å². The molecule has 1 unspecified atom stereocenters. The van der Waals surface area contributed by atoms with Gasteiger partial charge in [-0.1, -0.05) is 68.1 Å². The highest BCUT2D eigenvalue weighted by Crippen LogP contribution is 2.32. The second-order valence-electron chi connectivity index (χ2n) is 9.94. The first kappa shape index (κ1) is 30.1. The van der Waals surface area contributed by atoms with Gasteiger partial charge < -0.3 is 15.0 Å². The van der Waals surface area contributed by atoms with E-state index in [0.29, 0.717) is 33.7 Å². The molecule has 1 aliphatic rings. The number of halogens is 4. The number of alkyl halides is 4. The number of ether oxygens (including phenoxy) is 1. The van der Waals surface area contributed by atoms with Crippen LogP contribution in [0.15, 0.2) is 84.1 Å². The molecule has 1 atom stereocenters. The Labute approximate surface area is 249 Å². The van der Waals surface area contributed by atoms with E-state index >= 15 is 0 Å². The summed E-state index contributed by atoms with van der Waals surface area (Å²) in [6.07, 6.45) is -4.82. The Morgan fingerprint density at radius 2 is 1.79 bits per heavy atom. The van der Waals surface area contributed by atoms with Crippen LogP contribution in [0.3, 0.4) is 0 Å². The van der Waals surface area contributed by atoms with Crippen molar-refractivity contribution in [2.45, 2.75) is 32.3 Å². The molecule has 2 amide bonds. The molecule has 13 heteroatoms.